The lowest BCUT2D eigenvalue weighted by atomic mass is 10.1. The van der Waals surface area contributed by atoms with Crippen LogP contribution in [0.2, 0.25) is 5.02 Å². The lowest BCUT2D eigenvalue weighted by Gasteiger charge is -2.18. The number of hydrogen-bond acceptors (Lipinski definition) is 2. The van der Waals surface area contributed by atoms with Gasteiger partial charge < -0.3 is 9.80 Å². The summed E-state index contributed by atoms with van der Waals surface area (Å²) >= 11 is 6.24. The Morgan fingerprint density at radius 1 is 1.09 bits per heavy atom. The van der Waals surface area contributed by atoms with E-state index in [1.54, 1.807) is 4.90 Å². The SMILES string of the molecule is CN(C)/C=C1\C(=O)N(Cc2ccccc2Cl)c2ccccc21. The van der Waals surface area contributed by atoms with Crippen molar-refractivity contribution in [3.05, 3.63) is 70.9 Å². The number of halogens is 1. The highest BCUT2D eigenvalue weighted by atomic mass is 35.5. The lowest BCUT2D eigenvalue weighted by Crippen LogP contribution is -2.26. The van der Waals surface area contributed by atoms with Crippen LogP contribution in [0.15, 0.2) is 54.7 Å². The Labute approximate surface area is 135 Å². The quantitative estimate of drug-likeness (QED) is 0.805. The van der Waals surface area contributed by atoms with Crippen LogP contribution >= 0.6 is 11.6 Å². The van der Waals surface area contributed by atoms with Crippen molar-refractivity contribution in [3.63, 3.8) is 0 Å². The van der Waals surface area contributed by atoms with Gasteiger partial charge in [0.2, 0.25) is 0 Å². The fourth-order valence-electron chi connectivity index (χ4n) is 2.64. The summed E-state index contributed by atoms with van der Waals surface area (Å²) in [7, 11) is 3.83. The summed E-state index contributed by atoms with van der Waals surface area (Å²) in [6.45, 7) is 0.473. The molecule has 4 heteroatoms. The van der Waals surface area contributed by atoms with Gasteiger partial charge in [0, 0.05) is 30.9 Å². The van der Waals surface area contributed by atoms with Crippen molar-refractivity contribution in [2.75, 3.05) is 19.0 Å². The summed E-state index contributed by atoms with van der Waals surface area (Å²) < 4.78 is 0. The molecule has 0 bridgehead atoms. The van der Waals surface area contributed by atoms with Crippen LogP contribution in [0.5, 0.6) is 0 Å². The molecular weight excluding hydrogens is 296 g/mol. The zero-order valence-corrected chi connectivity index (χ0v) is 13.3. The summed E-state index contributed by atoms with van der Waals surface area (Å²) in [5.74, 6) is 0.00909. The maximum atomic E-state index is 12.8. The highest BCUT2D eigenvalue weighted by molar-refractivity contribution is 6.33. The second-order valence-corrected chi connectivity index (χ2v) is 5.91. The van der Waals surface area contributed by atoms with Gasteiger partial charge in [0.25, 0.3) is 5.91 Å². The number of nitrogens with zero attached hydrogens (tertiary/aromatic N) is 2. The third kappa shape index (κ3) is 2.60. The first-order chi connectivity index (χ1) is 10.6. The first-order valence-corrected chi connectivity index (χ1v) is 7.48. The zero-order valence-electron chi connectivity index (χ0n) is 12.6. The standard InChI is InChI=1S/C18H17ClN2O/c1-20(2)12-15-14-8-4-6-10-17(14)21(18(15)22)11-13-7-3-5-9-16(13)19/h3-10,12H,11H2,1-2H3/b15-12-. The fourth-order valence-corrected chi connectivity index (χ4v) is 2.84. The van der Waals surface area contributed by atoms with Crippen molar-refractivity contribution >= 4 is 28.8 Å². The number of amides is 1. The number of fused-ring (bicyclic) bond motifs is 1. The third-order valence-electron chi connectivity index (χ3n) is 3.63. The first kappa shape index (κ1) is 14.7. The number of rotatable bonds is 3. The second kappa shape index (κ2) is 5.85. The summed E-state index contributed by atoms with van der Waals surface area (Å²) in [6.07, 6.45) is 1.87. The van der Waals surface area contributed by atoms with Crippen LogP contribution in [0.4, 0.5) is 5.69 Å². The molecule has 1 heterocycles. The largest absolute Gasteiger partial charge is 0.383 e. The monoisotopic (exact) mass is 312 g/mol. The van der Waals surface area contributed by atoms with E-state index < -0.39 is 0 Å². The molecule has 2 aromatic carbocycles. The second-order valence-electron chi connectivity index (χ2n) is 5.51. The minimum atomic E-state index is 0.00909. The van der Waals surface area contributed by atoms with Crippen LogP contribution in [0, 0.1) is 0 Å². The van der Waals surface area contributed by atoms with E-state index in [1.165, 1.54) is 0 Å². The Morgan fingerprint density at radius 2 is 1.77 bits per heavy atom. The van der Waals surface area contributed by atoms with Gasteiger partial charge in [0.1, 0.15) is 0 Å². The molecular formula is C18H17ClN2O. The number of benzene rings is 2. The number of anilines is 1. The summed E-state index contributed by atoms with van der Waals surface area (Å²) in [5, 5.41) is 0.679. The van der Waals surface area contributed by atoms with Crippen molar-refractivity contribution in [1.29, 1.82) is 0 Å². The number of hydrogen-bond donors (Lipinski definition) is 0. The van der Waals surface area contributed by atoms with Gasteiger partial charge in [-0.1, -0.05) is 48.0 Å². The van der Waals surface area contributed by atoms with Gasteiger partial charge in [0.05, 0.1) is 17.8 Å². The molecule has 2 aromatic rings. The van der Waals surface area contributed by atoms with Gasteiger partial charge in [-0.05, 0) is 17.7 Å². The molecule has 1 amide bonds. The normalized spacial score (nSPS) is 15.3. The minimum Gasteiger partial charge on any atom is -0.383 e. The molecule has 0 unspecified atom stereocenters. The van der Waals surface area contributed by atoms with E-state index in [9.17, 15) is 4.79 Å². The van der Waals surface area contributed by atoms with Crippen LogP contribution in [-0.4, -0.2) is 24.9 Å². The molecule has 0 aliphatic carbocycles. The van der Waals surface area contributed by atoms with Gasteiger partial charge in [0.15, 0.2) is 0 Å². The molecule has 0 radical (unpaired) electrons. The molecule has 0 spiro atoms. The molecule has 112 valence electrons. The lowest BCUT2D eigenvalue weighted by molar-refractivity contribution is -0.113. The molecule has 0 saturated heterocycles. The molecule has 3 rings (SSSR count). The molecule has 0 N–H and O–H groups in total. The Morgan fingerprint density at radius 3 is 2.50 bits per heavy atom. The number of carbonyl (C=O) groups is 1. The van der Waals surface area contributed by atoms with Crippen molar-refractivity contribution < 1.29 is 4.79 Å². The van der Waals surface area contributed by atoms with Gasteiger partial charge in [-0.3, -0.25) is 4.79 Å². The van der Waals surface area contributed by atoms with Gasteiger partial charge in [-0.25, -0.2) is 0 Å². The molecule has 1 aliphatic rings. The van der Waals surface area contributed by atoms with Crippen molar-refractivity contribution in [3.8, 4) is 0 Å². The zero-order chi connectivity index (χ0) is 15.7. The molecule has 22 heavy (non-hydrogen) atoms. The van der Waals surface area contributed by atoms with Crippen LogP contribution in [-0.2, 0) is 11.3 Å². The average molecular weight is 313 g/mol. The Bertz CT molecular complexity index is 752. The van der Waals surface area contributed by atoms with Crippen LogP contribution < -0.4 is 4.90 Å². The van der Waals surface area contributed by atoms with Crippen LogP contribution in [0.3, 0.4) is 0 Å². The maximum Gasteiger partial charge on any atom is 0.260 e. The van der Waals surface area contributed by atoms with E-state index in [-0.39, 0.29) is 5.91 Å². The topological polar surface area (TPSA) is 23.6 Å². The third-order valence-corrected chi connectivity index (χ3v) is 4.00. The van der Waals surface area contributed by atoms with E-state index in [1.807, 2.05) is 73.7 Å². The predicted molar refractivity (Wildman–Crippen MR) is 90.7 cm³/mol. The van der Waals surface area contributed by atoms with E-state index >= 15 is 0 Å². The minimum absolute atomic E-state index is 0.00909. The van der Waals surface area contributed by atoms with Gasteiger partial charge >= 0.3 is 0 Å². The smallest absolute Gasteiger partial charge is 0.260 e. The fraction of sp³-hybridized carbons (Fsp3) is 0.167. The molecule has 0 aromatic heterocycles. The van der Waals surface area contributed by atoms with Crippen molar-refractivity contribution in [2.24, 2.45) is 0 Å². The summed E-state index contributed by atoms with van der Waals surface area (Å²) in [5.41, 5.74) is 3.56. The molecule has 0 atom stereocenters. The number of para-hydroxylation sites is 1. The summed E-state index contributed by atoms with van der Waals surface area (Å²) in [6, 6.07) is 15.5. The molecule has 1 aliphatic heterocycles. The van der Waals surface area contributed by atoms with E-state index in [2.05, 4.69) is 0 Å². The van der Waals surface area contributed by atoms with E-state index in [0.717, 1.165) is 16.8 Å². The average Bonchev–Trinajstić information content (AvgIpc) is 2.75. The number of carbonyl (C=O) groups excluding carboxylic acids is 1. The highest BCUT2D eigenvalue weighted by Crippen LogP contribution is 2.38. The molecule has 0 saturated carbocycles. The predicted octanol–water partition coefficient (Wildman–Crippen LogP) is 3.79. The molecule has 3 nitrogen and oxygen atoms in total. The van der Waals surface area contributed by atoms with E-state index in [0.29, 0.717) is 17.1 Å². The maximum absolute atomic E-state index is 12.8. The Balaban J connectivity index is 2.03. The van der Waals surface area contributed by atoms with Crippen LogP contribution in [0.1, 0.15) is 11.1 Å². The Hall–Kier alpha value is -2.26. The van der Waals surface area contributed by atoms with Gasteiger partial charge in [-0.15, -0.1) is 0 Å². The van der Waals surface area contributed by atoms with Gasteiger partial charge in [-0.2, -0.15) is 0 Å². The van der Waals surface area contributed by atoms with Crippen LogP contribution in [0.25, 0.3) is 5.57 Å². The first-order valence-electron chi connectivity index (χ1n) is 7.11. The highest BCUT2D eigenvalue weighted by Gasteiger charge is 2.32. The Kier molecular flexibility index (Phi) is 3.90. The summed E-state index contributed by atoms with van der Waals surface area (Å²) in [4.78, 5) is 16.5. The van der Waals surface area contributed by atoms with Crippen molar-refractivity contribution in [2.45, 2.75) is 6.54 Å². The van der Waals surface area contributed by atoms with Crippen molar-refractivity contribution in [1.82, 2.24) is 4.90 Å². The molecule has 0 fully saturated rings. The van der Waals surface area contributed by atoms with E-state index in [4.69, 9.17) is 11.6 Å².